The van der Waals surface area contributed by atoms with Crippen molar-refractivity contribution < 1.29 is 14.3 Å². The van der Waals surface area contributed by atoms with Crippen LogP contribution >= 0.6 is 34.5 Å². The van der Waals surface area contributed by atoms with E-state index in [2.05, 4.69) is 10.6 Å². The molecule has 2 atom stereocenters. The molecule has 0 radical (unpaired) electrons. The predicted molar refractivity (Wildman–Crippen MR) is 162 cm³/mol. The smallest absolute Gasteiger partial charge is 0.327 e. The molecule has 1 aromatic heterocycles. The number of para-hydroxylation sites is 2. The number of nitrogens with zero attached hydrogens (tertiary/aromatic N) is 1. The molecular weight excluding hydrogens is 565 g/mol. The number of thiophene rings is 1. The number of halogens is 2. The zero-order chi connectivity index (χ0) is 27.8. The van der Waals surface area contributed by atoms with Crippen molar-refractivity contribution in [3.8, 4) is 5.75 Å². The van der Waals surface area contributed by atoms with Gasteiger partial charge in [-0.1, -0.05) is 53.5 Å². The number of nitrogens with one attached hydrogen (secondary N) is 2. The molecule has 2 aliphatic rings. The monoisotopic (exact) mass is 589 g/mol. The molecule has 3 aromatic carbocycles. The zero-order valence-electron chi connectivity index (χ0n) is 21.5. The third-order valence-corrected chi connectivity index (χ3v) is 8.94. The van der Waals surface area contributed by atoms with E-state index in [1.54, 1.807) is 30.2 Å². The summed E-state index contributed by atoms with van der Waals surface area (Å²) in [6, 6.07) is 23.3. The highest BCUT2D eigenvalue weighted by molar-refractivity contribution is 7.10. The summed E-state index contributed by atoms with van der Waals surface area (Å²) in [5.74, 6) is 0.777. The molecule has 2 amide bonds. The van der Waals surface area contributed by atoms with Crippen molar-refractivity contribution >= 4 is 63.4 Å². The van der Waals surface area contributed by atoms with E-state index >= 15 is 0 Å². The molecule has 40 heavy (non-hydrogen) atoms. The van der Waals surface area contributed by atoms with Gasteiger partial charge in [-0.15, -0.1) is 11.3 Å². The van der Waals surface area contributed by atoms with Gasteiger partial charge in [0.1, 0.15) is 11.8 Å². The maximum atomic E-state index is 14.1. The number of hydrogen-bond donors (Lipinski definition) is 2. The van der Waals surface area contributed by atoms with E-state index in [0.29, 0.717) is 39.8 Å². The minimum absolute atomic E-state index is 0.00242. The van der Waals surface area contributed by atoms with Crippen LogP contribution in [0.1, 0.15) is 35.2 Å². The molecule has 1 aliphatic heterocycles. The Labute approximate surface area is 246 Å². The Morgan fingerprint density at radius 2 is 1.80 bits per heavy atom. The highest BCUT2D eigenvalue weighted by atomic mass is 35.5. The average Bonchev–Trinajstić information content (AvgIpc) is 3.44. The number of fused-ring (bicyclic) bond motifs is 1. The summed E-state index contributed by atoms with van der Waals surface area (Å²) < 4.78 is 5.32. The molecular formula is C31H25Cl2N3O3S. The first-order valence-electron chi connectivity index (χ1n) is 12.8. The number of methoxy groups -OCH3 is 1. The van der Waals surface area contributed by atoms with Gasteiger partial charge in [0, 0.05) is 28.3 Å². The first kappa shape index (κ1) is 26.4. The van der Waals surface area contributed by atoms with Crippen LogP contribution in [-0.2, 0) is 4.79 Å². The molecule has 0 saturated heterocycles. The summed E-state index contributed by atoms with van der Waals surface area (Å²) in [6.45, 7) is 0. The third kappa shape index (κ3) is 4.96. The van der Waals surface area contributed by atoms with E-state index < -0.39 is 6.04 Å². The minimum atomic E-state index is -0.613. The van der Waals surface area contributed by atoms with Gasteiger partial charge < -0.3 is 15.4 Å². The zero-order valence-corrected chi connectivity index (χ0v) is 23.8. The lowest BCUT2D eigenvalue weighted by molar-refractivity contribution is -0.116. The summed E-state index contributed by atoms with van der Waals surface area (Å²) in [5.41, 5.74) is 4.42. The van der Waals surface area contributed by atoms with Crippen LogP contribution in [0.15, 0.2) is 95.5 Å². The highest BCUT2D eigenvalue weighted by Gasteiger charge is 2.42. The Balaban J connectivity index is 1.45. The molecule has 4 aromatic rings. The van der Waals surface area contributed by atoms with Crippen LogP contribution in [0, 0.1) is 0 Å². The molecule has 6 rings (SSSR count). The molecule has 6 nitrogen and oxygen atoms in total. The number of hydrogen-bond acceptors (Lipinski definition) is 5. The summed E-state index contributed by atoms with van der Waals surface area (Å²) in [4.78, 5) is 30.7. The number of Topliss-reactive ketones (excluding diaryl/α,β-unsaturated/α-hetero) is 1. The molecule has 0 spiro atoms. The SMILES string of the molecule is COc1ccc([C@H]2CC(=O)C3=C(C2)Nc2ccccc2N(C(=O)Nc2ccc(Cl)c(Cl)c2)[C@H]3c2cccs2)cc1. The number of ketones is 1. The topological polar surface area (TPSA) is 70.7 Å². The number of allylic oxidation sites excluding steroid dienone is 1. The number of amides is 2. The lowest BCUT2D eigenvalue weighted by atomic mass is 9.79. The van der Waals surface area contributed by atoms with E-state index in [0.717, 1.165) is 27.6 Å². The first-order valence-corrected chi connectivity index (χ1v) is 14.4. The van der Waals surface area contributed by atoms with Gasteiger partial charge in [-0.3, -0.25) is 9.69 Å². The van der Waals surface area contributed by atoms with Crippen molar-refractivity contribution in [3.63, 3.8) is 0 Å². The van der Waals surface area contributed by atoms with Gasteiger partial charge in [-0.25, -0.2) is 4.79 Å². The molecule has 0 saturated carbocycles. The predicted octanol–water partition coefficient (Wildman–Crippen LogP) is 8.67. The Kier molecular flexibility index (Phi) is 7.27. The Morgan fingerprint density at radius 3 is 2.52 bits per heavy atom. The van der Waals surface area contributed by atoms with Crippen molar-refractivity contribution in [2.75, 3.05) is 22.6 Å². The second kappa shape index (κ2) is 11.0. The highest BCUT2D eigenvalue weighted by Crippen LogP contribution is 2.48. The lowest BCUT2D eigenvalue weighted by Crippen LogP contribution is -2.40. The number of rotatable bonds is 4. The number of ether oxygens (including phenoxy) is 1. The van der Waals surface area contributed by atoms with Gasteiger partial charge in [0.15, 0.2) is 5.78 Å². The van der Waals surface area contributed by atoms with Crippen molar-refractivity contribution in [2.45, 2.75) is 24.8 Å². The van der Waals surface area contributed by atoms with Crippen LogP contribution < -0.4 is 20.3 Å². The molecule has 0 unspecified atom stereocenters. The number of carbonyl (C=O) groups excluding carboxylic acids is 2. The second-order valence-electron chi connectivity index (χ2n) is 9.68. The Hall–Kier alpha value is -3.78. The van der Waals surface area contributed by atoms with Crippen molar-refractivity contribution in [3.05, 3.63) is 116 Å². The van der Waals surface area contributed by atoms with Gasteiger partial charge in [-0.05, 0) is 71.8 Å². The van der Waals surface area contributed by atoms with Crippen molar-refractivity contribution in [1.82, 2.24) is 0 Å². The number of anilines is 3. The second-order valence-corrected chi connectivity index (χ2v) is 11.5. The van der Waals surface area contributed by atoms with Gasteiger partial charge in [-0.2, -0.15) is 0 Å². The van der Waals surface area contributed by atoms with E-state index in [1.165, 1.54) is 11.3 Å². The molecule has 9 heteroatoms. The van der Waals surface area contributed by atoms with Gasteiger partial charge in [0.05, 0.1) is 28.5 Å². The maximum Gasteiger partial charge on any atom is 0.327 e. The van der Waals surface area contributed by atoms with Crippen molar-refractivity contribution in [2.24, 2.45) is 0 Å². The van der Waals surface area contributed by atoms with E-state index in [9.17, 15) is 9.59 Å². The molecule has 0 fully saturated rings. The molecule has 1 aliphatic carbocycles. The fraction of sp³-hybridized carbons (Fsp3) is 0.161. The third-order valence-electron chi connectivity index (χ3n) is 7.28. The van der Waals surface area contributed by atoms with Crippen LogP contribution in [0.25, 0.3) is 0 Å². The van der Waals surface area contributed by atoms with Gasteiger partial charge >= 0.3 is 6.03 Å². The number of carbonyl (C=O) groups is 2. The Bertz CT molecular complexity index is 1620. The maximum absolute atomic E-state index is 14.1. The summed E-state index contributed by atoms with van der Waals surface area (Å²) in [6.07, 6.45) is 0.971. The first-order chi connectivity index (χ1) is 19.4. The molecule has 0 bridgehead atoms. The quantitative estimate of drug-likeness (QED) is 0.250. The molecule has 2 N–H and O–H groups in total. The lowest BCUT2D eigenvalue weighted by Gasteiger charge is -2.34. The summed E-state index contributed by atoms with van der Waals surface area (Å²) in [7, 11) is 1.64. The molecule has 2 heterocycles. The largest absolute Gasteiger partial charge is 0.497 e. The van der Waals surface area contributed by atoms with Crippen LogP contribution in [0.4, 0.5) is 21.9 Å². The fourth-order valence-electron chi connectivity index (χ4n) is 5.40. The van der Waals surface area contributed by atoms with Crippen molar-refractivity contribution in [1.29, 1.82) is 0 Å². The molecule has 202 valence electrons. The standard InChI is InChI=1S/C31H25Cl2N3O3S/c1-39-21-11-8-18(9-12-21)19-15-25-29(27(37)16-19)30(28-7-4-14-40-28)36(26-6-3-2-5-24(26)35-25)31(38)34-20-10-13-22(32)23(33)17-20/h2-14,17,19,30,35H,15-16H2,1H3,(H,34,38)/t19-,30+/m1/s1. The number of benzene rings is 3. The Morgan fingerprint density at radius 1 is 1.00 bits per heavy atom. The fourth-order valence-corrected chi connectivity index (χ4v) is 6.52. The van der Waals surface area contributed by atoms with E-state index in [1.807, 2.05) is 66.0 Å². The van der Waals surface area contributed by atoms with Crippen LogP contribution in [0.3, 0.4) is 0 Å². The van der Waals surface area contributed by atoms with E-state index in [-0.39, 0.29) is 17.7 Å². The van der Waals surface area contributed by atoms with Crippen LogP contribution in [0.2, 0.25) is 10.0 Å². The summed E-state index contributed by atoms with van der Waals surface area (Å²) >= 11 is 13.8. The van der Waals surface area contributed by atoms with E-state index in [4.69, 9.17) is 27.9 Å². The van der Waals surface area contributed by atoms with Gasteiger partial charge in [0.25, 0.3) is 0 Å². The van der Waals surface area contributed by atoms with Crippen LogP contribution in [-0.4, -0.2) is 18.9 Å². The number of urea groups is 1. The average molecular weight is 591 g/mol. The van der Waals surface area contributed by atoms with Gasteiger partial charge in [0.2, 0.25) is 0 Å². The van der Waals surface area contributed by atoms with Crippen LogP contribution in [0.5, 0.6) is 5.75 Å². The normalized spacial score (nSPS) is 18.4. The summed E-state index contributed by atoms with van der Waals surface area (Å²) in [5, 5.41) is 9.22. The minimum Gasteiger partial charge on any atom is -0.497 e.